The predicted octanol–water partition coefficient (Wildman–Crippen LogP) is -2.32. The van der Waals surface area contributed by atoms with Crippen LogP contribution < -0.4 is 5.90 Å². The van der Waals surface area contributed by atoms with Crippen LogP contribution in [0.5, 0.6) is 0 Å². The molecule has 0 radical (unpaired) electrons. The minimum Gasteiger partial charge on any atom is -0.387 e. The van der Waals surface area contributed by atoms with Gasteiger partial charge in [0.1, 0.15) is 18.3 Å². The minimum absolute atomic E-state index is 0.420. The molecule has 2 aliphatic heterocycles. The molecule has 0 aromatic rings. The Morgan fingerprint density at radius 2 is 1.91 bits per heavy atom. The van der Waals surface area contributed by atoms with Crippen LogP contribution in [0.4, 0.5) is 0 Å². The van der Waals surface area contributed by atoms with Gasteiger partial charge >= 0.3 is 0 Å². The number of hydrogen-bond acceptors (Lipinski definition) is 6. The van der Waals surface area contributed by atoms with Gasteiger partial charge in [-0.15, -0.1) is 0 Å². The first-order valence-electron chi connectivity index (χ1n) is 3.26. The summed E-state index contributed by atoms with van der Waals surface area (Å²) in [7, 11) is 0. The molecule has 0 saturated carbocycles. The molecule has 2 heterocycles. The van der Waals surface area contributed by atoms with E-state index in [0.29, 0.717) is 0 Å². The van der Waals surface area contributed by atoms with E-state index in [2.05, 4.69) is 4.84 Å². The number of nitrogens with two attached hydrogens (primary N) is 1. The summed E-state index contributed by atoms with van der Waals surface area (Å²) in [5.41, 5.74) is 0. The SMILES string of the molecule is NO[C@@H]1OC2O[C@@H]2C(O)C1O. The van der Waals surface area contributed by atoms with E-state index in [9.17, 15) is 10.2 Å². The Morgan fingerprint density at radius 3 is 2.55 bits per heavy atom. The van der Waals surface area contributed by atoms with Crippen molar-refractivity contribution in [3.8, 4) is 0 Å². The maximum Gasteiger partial charge on any atom is 0.208 e. The van der Waals surface area contributed by atoms with E-state index in [1.165, 1.54) is 0 Å². The van der Waals surface area contributed by atoms with E-state index < -0.39 is 30.9 Å². The van der Waals surface area contributed by atoms with Crippen LogP contribution >= 0.6 is 0 Å². The molecule has 4 N–H and O–H groups in total. The molecule has 0 spiro atoms. The van der Waals surface area contributed by atoms with Crippen LogP contribution in [-0.2, 0) is 14.3 Å². The van der Waals surface area contributed by atoms with Crippen molar-refractivity contribution in [3.63, 3.8) is 0 Å². The van der Waals surface area contributed by atoms with Crippen molar-refractivity contribution < 1.29 is 24.5 Å². The Kier molecular flexibility index (Phi) is 1.60. The third kappa shape index (κ3) is 1.04. The Labute approximate surface area is 62.4 Å². The molecule has 0 amide bonds. The minimum atomic E-state index is -1.14. The molecule has 2 fully saturated rings. The lowest BCUT2D eigenvalue weighted by atomic mass is 10.1. The highest BCUT2D eigenvalue weighted by Crippen LogP contribution is 2.35. The van der Waals surface area contributed by atoms with Gasteiger partial charge in [0.25, 0.3) is 0 Å². The average molecular weight is 163 g/mol. The molecule has 6 nitrogen and oxygen atoms in total. The molecule has 64 valence electrons. The van der Waals surface area contributed by atoms with Gasteiger partial charge in [-0.1, -0.05) is 0 Å². The number of hydrogen-bond donors (Lipinski definition) is 3. The van der Waals surface area contributed by atoms with Gasteiger partial charge in [-0.2, -0.15) is 0 Å². The third-order valence-electron chi connectivity index (χ3n) is 1.85. The highest BCUT2D eigenvalue weighted by atomic mass is 16.9. The Morgan fingerprint density at radius 1 is 1.18 bits per heavy atom. The topological polar surface area (TPSA) is 97.5 Å². The van der Waals surface area contributed by atoms with Gasteiger partial charge in [-0.25, -0.2) is 5.90 Å². The van der Waals surface area contributed by atoms with Crippen LogP contribution in [0.1, 0.15) is 0 Å². The maximum absolute atomic E-state index is 9.20. The zero-order valence-electron chi connectivity index (χ0n) is 5.58. The molecule has 3 unspecified atom stereocenters. The summed E-state index contributed by atoms with van der Waals surface area (Å²) in [5.74, 6) is 4.78. The van der Waals surface area contributed by atoms with E-state index in [4.69, 9.17) is 15.4 Å². The van der Waals surface area contributed by atoms with E-state index >= 15 is 0 Å². The van der Waals surface area contributed by atoms with Crippen molar-refractivity contribution in [3.05, 3.63) is 0 Å². The van der Waals surface area contributed by atoms with Gasteiger partial charge in [0.2, 0.25) is 6.29 Å². The first-order chi connectivity index (χ1) is 5.24. The van der Waals surface area contributed by atoms with Crippen LogP contribution in [-0.4, -0.2) is 41.1 Å². The van der Waals surface area contributed by atoms with Crippen LogP contribution in [0, 0.1) is 0 Å². The number of epoxide rings is 1. The van der Waals surface area contributed by atoms with Gasteiger partial charge in [-0.3, -0.25) is 4.84 Å². The second-order valence-corrected chi connectivity index (χ2v) is 2.59. The summed E-state index contributed by atoms with van der Waals surface area (Å²) >= 11 is 0. The number of rotatable bonds is 1. The number of ether oxygens (including phenoxy) is 2. The average Bonchev–Trinajstić information content (AvgIpc) is 2.75. The molecule has 2 saturated heterocycles. The first kappa shape index (κ1) is 7.41. The van der Waals surface area contributed by atoms with E-state index in [0.717, 1.165) is 0 Å². The lowest BCUT2D eigenvalue weighted by Gasteiger charge is -2.26. The van der Waals surface area contributed by atoms with Gasteiger partial charge in [0.15, 0.2) is 6.29 Å². The third-order valence-corrected chi connectivity index (χ3v) is 1.85. The summed E-state index contributed by atoms with van der Waals surface area (Å²) in [6.45, 7) is 0. The largest absolute Gasteiger partial charge is 0.387 e. The van der Waals surface area contributed by atoms with Gasteiger partial charge in [-0.05, 0) is 0 Å². The number of aliphatic hydroxyl groups excluding tert-OH is 2. The predicted molar refractivity (Wildman–Crippen MR) is 30.8 cm³/mol. The second-order valence-electron chi connectivity index (χ2n) is 2.59. The molecule has 0 aromatic carbocycles. The van der Waals surface area contributed by atoms with Crippen LogP contribution in [0.3, 0.4) is 0 Å². The summed E-state index contributed by atoms with van der Waals surface area (Å²) in [6, 6.07) is 0. The monoisotopic (exact) mass is 163 g/mol. The lowest BCUT2D eigenvalue weighted by molar-refractivity contribution is -0.245. The summed E-state index contributed by atoms with van der Waals surface area (Å²) in [5, 5.41) is 18.4. The molecule has 6 heteroatoms. The standard InChI is InChI=1S/C5H9NO5/c6-11-4-2(8)1(7)3-5(9-3)10-4/h1-5,7-8H,6H2/t1?,2?,3-,4+,5?/m1/s1. The molecular weight excluding hydrogens is 154 g/mol. The first-order valence-corrected chi connectivity index (χ1v) is 3.26. The summed E-state index contributed by atoms with van der Waals surface area (Å²) < 4.78 is 9.74. The maximum atomic E-state index is 9.20. The molecule has 5 atom stereocenters. The normalized spacial score (nSPS) is 55.4. The quantitative estimate of drug-likeness (QED) is 0.296. The highest BCUT2D eigenvalue weighted by Gasteiger charge is 2.56. The Balaban J connectivity index is 2.03. The van der Waals surface area contributed by atoms with Crippen molar-refractivity contribution >= 4 is 0 Å². The van der Waals surface area contributed by atoms with Gasteiger partial charge in [0, 0.05) is 0 Å². The molecule has 0 aliphatic carbocycles. The van der Waals surface area contributed by atoms with Crippen molar-refractivity contribution in [2.24, 2.45) is 5.90 Å². The fourth-order valence-electron chi connectivity index (χ4n) is 1.14. The zero-order chi connectivity index (χ0) is 8.01. The molecule has 0 bridgehead atoms. The lowest BCUT2D eigenvalue weighted by Crippen LogP contribution is -2.49. The van der Waals surface area contributed by atoms with E-state index in [1.54, 1.807) is 0 Å². The van der Waals surface area contributed by atoms with Crippen molar-refractivity contribution in [2.45, 2.75) is 30.9 Å². The Bertz CT molecular complexity index is 165. The van der Waals surface area contributed by atoms with Crippen LogP contribution in [0.2, 0.25) is 0 Å². The van der Waals surface area contributed by atoms with E-state index in [-0.39, 0.29) is 0 Å². The fourth-order valence-corrected chi connectivity index (χ4v) is 1.14. The zero-order valence-corrected chi connectivity index (χ0v) is 5.58. The van der Waals surface area contributed by atoms with Crippen LogP contribution in [0.15, 0.2) is 0 Å². The molecule has 0 aromatic heterocycles. The fraction of sp³-hybridized carbons (Fsp3) is 1.00. The summed E-state index contributed by atoms with van der Waals surface area (Å²) in [6.07, 6.45) is -3.99. The number of aliphatic hydroxyl groups is 2. The van der Waals surface area contributed by atoms with E-state index in [1.807, 2.05) is 0 Å². The van der Waals surface area contributed by atoms with Crippen molar-refractivity contribution in [2.75, 3.05) is 0 Å². The van der Waals surface area contributed by atoms with Crippen molar-refractivity contribution in [1.29, 1.82) is 0 Å². The second kappa shape index (κ2) is 2.37. The molecular formula is C5H9NO5. The Hall–Kier alpha value is -0.240. The van der Waals surface area contributed by atoms with Crippen LogP contribution in [0.25, 0.3) is 0 Å². The molecule has 2 rings (SSSR count). The summed E-state index contributed by atoms with van der Waals surface area (Å²) in [4.78, 5) is 4.26. The van der Waals surface area contributed by atoms with Gasteiger partial charge < -0.3 is 19.7 Å². The van der Waals surface area contributed by atoms with Gasteiger partial charge in [0.05, 0.1) is 0 Å². The molecule has 11 heavy (non-hydrogen) atoms. The smallest absolute Gasteiger partial charge is 0.208 e. The highest BCUT2D eigenvalue weighted by molar-refractivity contribution is 4.94. The van der Waals surface area contributed by atoms with Crippen molar-refractivity contribution in [1.82, 2.24) is 0 Å². The molecule has 2 aliphatic rings. The number of fused-ring (bicyclic) bond motifs is 1.